The second-order valence-electron chi connectivity index (χ2n) is 5.81. The first-order valence-corrected chi connectivity index (χ1v) is 7.99. The van der Waals surface area contributed by atoms with Crippen LogP contribution in [-0.2, 0) is 6.54 Å². The van der Waals surface area contributed by atoms with Crippen molar-refractivity contribution < 1.29 is 0 Å². The maximum Gasteiger partial charge on any atom is 0.235 e. The first-order chi connectivity index (χ1) is 11.8. The summed E-state index contributed by atoms with van der Waals surface area (Å²) in [6.07, 6.45) is 3.76. The summed E-state index contributed by atoms with van der Waals surface area (Å²) in [4.78, 5) is 9.10. The molecule has 0 fully saturated rings. The molecule has 24 heavy (non-hydrogen) atoms. The highest BCUT2D eigenvalue weighted by Crippen LogP contribution is 2.29. The van der Waals surface area contributed by atoms with Crippen LogP contribution >= 0.6 is 0 Å². The third kappa shape index (κ3) is 2.74. The van der Waals surface area contributed by atoms with Crippen LogP contribution in [0.5, 0.6) is 0 Å². The Kier molecular flexibility index (Phi) is 3.71. The molecule has 0 aliphatic heterocycles. The summed E-state index contributed by atoms with van der Waals surface area (Å²) in [5.41, 5.74) is 4.46. The van der Waals surface area contributed by atoms with Crippen LogP contribution in [-0.4, -0.2) is 14.4 Å². The Labute approximate surface area is 140 Å². The Morgan fingerprint density at radius 1 is 1.00 bits per heavy atom. The van der Waals surface area contributed by atoms with Gasteiger partial charge in [0.1, 0.15) is 11.5 Å². The van der Waals surface area contributed by atoms with Crippen LogP contribution < -0.4 is 5.32 Å². The zero-order chi connectivity index (χ0) is 16.4. The number of rotatable bonds is 4. The number of fused-ring (bicyclic) bond motifs is 1. The number of aryl methyl sites for hydroxylation is 1. The monoisotopic (exact) mass is 314 g/mol. The molecule has 0 bridgehead atoms. The number of nitrogens with one attached hydrogen (secondary N) is 1. The molecule has 4 nitrogen and oxygen atoms in total. The van der Waals surface area contributed by atoms with Crippen LogP contribution in [0.1, 0.15) is 11.1 Å². The van der Waals surface area contributed by atoms with Gasteiger partial charge in [0.15, 0.2) is 0 Å². The molecule has 0 radical (unpaired) electrons. The molecule has 118 valence electrons. The maximum absolute atomic E-state index is 4.73. The number of aromatic nitrogens is 3. The lowest BCUT2D eigenvalue weighted by Crippen LogP contribution is -2.03. The van der Waals surface area contributed by atoms with Gasteiger partial charge in [-0.1, -0.05) is 54.1 Å². The molecule has 2 aromatic heterocycles. The number of imidazole rings is 1. The van der Waals surface area contributed by atoms with Crippen LogP contribution in [0.4, 0.5) is 5.82 Å². The molecular weight excluding hydrogens is 296 g/mol. The number of benzene rings is 2. The summed E-state index contributed by atoms with van der Waals surface area (Å²) in [5.74, 6) is 1.66. The Bertz CT molecular complexity index is 973. The molecular formula is C20H18N4. The minimum Gasteiger partial charge on any atom is -0.365 e. The van der Waals surface area contributed by atoms with Gasteiger partial charge in [0.25, 0.3) is 0 Å². The molecule has 1 N–H and O–H groups in total. The number of hydrogen-bond donors (Lipinski definition) is 1. The Hall–Kier alpha value is -3.14. The fraction of sp³-hybridized carbons (Fsp3) is 0.100. The lowest BCUT2D eigenvalue weighted by molar-refractivity contribution is 1.06. The highest BCUT2D eigenvalue weighted by atomic mass is 15.2. The van der Waals surface area contributed by atoms with E-state index in [4.69, 9.17) is 4.98 Å². The lowest BCUT2D eigenvalue weighted by atomic mass is 10.1. The molecule has 0 aliphatic rings. The van der Waals surface area contributed by atoms with Crippen molar-refractivity contribution in [2.45, 2.75) is 13.5 Å². The van der Waals surface area contributed by atoms with Crippen molar-refractivity contribution in [3.05, 3.63) is 84.2 Å². The molecule has 0 aliphatic carbocycles. The molecule has 4 rings (SSSR count). The molecule has 4 heteroatoms. The molecule has 2 aromatic carbocycles. The molecule has 0 amide bonds. The fourth-order valence-corrected chi connectivity index (χ4v) is 2.83. The van der Waals surface area contributed by atoms with Gasteiger partial charge in [0.2, 0.25) is 5.78 Å². The zero-order valence-corrected chi connectivity index (χ0v) is 13.5. The van der Waals surface area contributed by atoms with Gasteiger partial charge in [0.05, 0.1) is 0 Å². The smallest absolute Gasteiger partial charge is 0.235 e. The van der Waals surface area contributed by atoms with Crippen molar-refractivity contribution in [1.29, 1.82) is 0 Å². The topological polar surface area (TPSA) is 42.2 Å². The highest BCUT2D eigenvalue weighted by molar-refractivity contribution is 5.75. The summed E-state index contributed by atoms with van der Waals surface area (Å²) >= 11 is 0. The molecule has 0 unspecified atom stereocenters. The Balaban J connectivity index is 1.78. The van der Waals surface area contributed by atoms with Gasteiger partial charge in [-0.3, -0.25) is 4.40 Å². The van der Waals surface area contributed by atoms with E-state index in [-0.39, 0.29) is 0 Å². The standard InChI is InChI=1S/C20H18N4/c1-15-7-5-10-17(13-15)18-19(22-14-16-8-3-2-4-9-16)24-12-6-11-21-20(24)23-18/h2-13,22H,14H2,1H3. The summed E-state index contributed by atoms with van der Waals surface area (Å²) < 4.78 is 2.00. The summed E-state index contributed by atoms with van der Waals surface area (Å²) in [6, 6.07) is 20.7. The third-order valence-electron chi connectivity index (χ3n) is 4.00. The van der Waals surface area contributed by atoms with Crippen molar-refractivity contribution in [2.24, 2.45) is 0 Å². The van der Waals surface area contributed by atoms with Crippen molar-refractivity contribution in [3.8, 4) is 11.3 Å². The third-order valence-corrected chi connectivity index (χ3v) is 4.00. The molecule has 0 saturated heterocycles. The van der Waals surface area contributed by atoms with Gasteiger partial charge in [-0.15, -0.1) is 0 Å². The average Bonchev–Trinajstić information content (AvgIpc) is 2.99. The lowest BCUT2D eigenvalue weighted by Gasteiger charge is -2.09. The first-order valence-electron chi connectivity index (χ1n) is 7.99. The van der Waals surface area contributed by atoms with Gasteiger partial charge in [-0.25, -0.2) is 9.97 Å². The molecule has 0 spiro atoms. The van der Waals surface area contributed by atoms with Gasteiger partial charge >= 0.3 is 0 Å². The van der Waals surface area contributed by atoms with Crippen LogP contribution in [0.15, 0.2) is 73.1 Å². The van der Waals surface area contributed by atoms with Crippen LogP contribution in [0.2, 0.25) is 0 Å². The van der Waals surface area contributed by atoms with Gasteiger partial charge < -0.3 is 5.32 Å². The van der Waals surface area contributed by atoms with Crippen molar-refractivity contribution >= 4 is 11.6 Å². The quantitative estimate of drug-likeness (QED) is 0.610. The van der Waals surface area contributed by atoms with E-state index < -0.39 is 0 Å². The zero-order valence-electron chi connectivity index (χ0n) is 13.5. The van der Waals surface area contributed by atoms with Crippen LogP contribution in [0, 0.1) is 6.92 Å². The number of hydrogen-bond acceptors (Lipinski definition) is 3. The van der Waals surface area contributed by atoms with Gasteiger partial charge in [0, 0.05) is 24.5 Å². The van der Waals surface area contributed by atoms with E-state index in [0.717, 1.165) is 23.6 Å². The predicted octanol–water partition coefficient (Wildman–Crippen LogP) is 4.32. The maximum atomic E-state index is 4.73. The fourth-order valence-electron chi connectivity index (χ4n) is 2.83. The average molecular weight is 314 g/mol. The van der Waals surface area contributed by atoms with Crippen LogP contribution in [0.25, 0.3) is 17.0 Å². The SMILES string of the molecule is Cc1cccc(-c2nc3ncccn3c2NCc2ccccc2)c1. The number of nitrogens with zero attached hydrogens (tertiary/aromatic N) is 3. The van der Waals surface area contributed by atoms with E-state index in [1.807, 2.05) is 22.7 Å². The summed E-state index contributed by atoms with van der Waals surface area (Å²) in [6.45, 7) is 2.83. The Morgan fingerprint density at radius 3 is 2.71 bits per heavy atom. The van der Waals surface area contributed by atoms with Crippen molar-refractivity contribution in [1.82, 2.24) is 14.4 Å². The normalized spacial score (nSPS) is 10.9. The van der Waals surface area contributed by atoms with E-state index in [2.05, 4.69) is 65.8 Å². The molecule has 0 atom stereocenters. The largest absolute Gasteiger partial charge is 0.365 e. The Morgan fingerprint density at radius 2 is 1.88 bits per heavy atom. The van der Waals surface area contributed by atoms with E-state index in [1.54, 1.807) is 6.20 Å². The van der Waals surface area contributed by atoms with Gasteiger partial charge in [-0.05, 0) is 24.6 Å². The van der Waals surface area contributed by atoms with Gasteiger partial charge in [-0.2, -0.15) is 0 Å². The highest BCUT2D eigenvalue weighted by Gasteiger charge is 2.14. The first kappa shape index (κ1) is 14.5. The van der Waals surface area contributed by atoms with Crippen LogP contribution in [0.3, 0.4) is 0 Å². The molecule has 0 saturated carbocycles. The summed E-state index contributed by atoms with van der Waals surface area (Å²) in [7, 11) is 0. The minimum atomic E-state index is 0.699. The van der Waals surface area contributed by atoms with Crippen molar-refractivity contribution in [2.75, 3.05) is 5.32 Å². The predicted molar refractivity (Wildman–Crippen MR) is 96.9 cm³/mol. The second kappa shape index (κ2) is 6.16. The summed E-state index contributed by atoms with van der Waals surface area (Å²) in [5, 5.41) is 3.53. The molecule has 2 heterocycles. The van der Waals surface area contributed by atoms with Crippen molar-refractivity contribution in [3.63, 3.8) is 0 Å². The molecule has 4 aromatic rings. The minimum absolute atomic E-state index is 0.699. The van der Waals surface area contributed by atoms with E-state index in [0.29, 0.717) is 5.78 Å². The van der Waals surface area contributed by atoms with E-state index >= 15 is 0 Å². The number of anilines is 1. The second-order valence-corrected chi connectivity index (χ2v) is 5.81. The van der Waals surface area contributed by atoms with E-state index in [1.165, 1.54) is 11.1 Å². The van der Waals surface area contributed by atoms with E-state index in [9.17, 15) is 0 Å².